The molecule has 0 aliphatic heterocycles. The summed E-state index contributed by atoms with van der Waals surface area (Å²) in [5, 5.41) is 5.18. The predicted octanol–water partition coefficient (Wildman–Crippen LogP) is 1.94. The first-order valence-corrected chi connectivity index (χ1v) is 5.36. The second kappa shape index (κ2) is 6.20. The Hall–Kier alpha value is -1.62. The molecule has 0 saturated carbocycles. The molecule has 2 N–H and O–H groups in total. The summed E-state index contributed by atoms with van der Waals surface area (Å²) in [6.45, 7) is 1.57. The van der Waals surface area contributed by atoms with Gasteiger partial charge in [0, 0.05) is 24.9 Å². The molecule has 1 aromatic rings. The highest BCUT2D eigenvalue weighted by atomic mass is 35.5. The number of benzene rings is 1. The summed E-state index contributed by atoms with van der Waals surface area (Å²) in [7, 11) is 0. The van der Waals surface area contributed by atoms with Crippen molar-refractivity contribution in [3.8, 4) is 0 Å². The van der Waals surface area contributed by atoms with Crippen LogP contribution in [0.5, 0.6) is 0 Å². The zero-order valence-corrected chi connectivity index (χ0v) is 9.97. The number of rotatable bonds is 4. The normalized spacial score (nSPS) is 9.82. The smallest absolute Gasteiger partial charge is 0.226 e. The molecule has 92 valence electrons. The molecule has 0 spiro atoms. The molecule has 0 aliphatic rings. The average molecular weight is 259 g/mol. The van der Waals surface area contributed by atoms with Gasteiger partial charge in [-0.05, 0) is 18.2 Å². The van der Waals surface area contributed by atoms with Gasteiger partial charge in [-0.1, -0.05) is 11.6 Å². The fourth-order valence-corrected chi connectivity index (χ4v) is 1.33. The number of halogens is 2. The van der Waals surface area contributed by atoms with Crippen LogP contribution in [0.15, 0.2) is 18.2 Å². The van der Waals surface area contributed by atoms with Crippen molar-refractivity contribution in [2.45, 2.75) is 13.3 Å². The molecule has 0 radical (unpaired) electrons. The van der Waals surface area contributed by atoms with Crippen molar-refractivity contribution < 1.29 is 14.0 Å². The Morgan fingerprint density at radius 3 is 2.76 bits per heavy atom. The second-order valence-corrected chi connectivity index (χ2v) is 3.84. The van der Waals surface area contributed by atoms with E-state index < -0.39 is 5.82 Å². The summed E-state index contributed by atoms with van der Waals surface area (Å²) in [5.74, 6) is -1.16. The first kappa shape index (κ1) is 13.4. The first-order chi connectivity index (χ1) is 7.99. The van der Waals surface area contributed by atoms with E-state index in [0.29, 0.717) is 5.02 Å². The molecular weight excluding hydrogens is 247 g/mol. The van der Waals surface area contributed by atoms with Gasteiger partial charge in [-0.25, -0.2) is 4.39 Å². The summed E-state index contributed by atoms with van der Waals surface area (Å²) >= 11 is 5.67. The summed E-state index contributed by atoms with van der Waals surface area (Å²) < 4.78 is 13.2. The minimum absolute atomic E-state index is 0.0327. The van der Waals surface area contributed by atoms with Crippen LogP contribution in [0, 0.1) is 5.82 Å². The van der Waals surface area contributed by atoms with E-state index in [1.165, 1.54) is 25.1 Å². The zero-order chi connectivity index (χ0) is 12.8. The van der Waals surface area contributed by atoms with Crippen molar-refractivity contribution in [2.24, 2.45) is 0 Å². The lowest BCUT2D eigenvalue weighted by Crippen LogP contribution is -2.25. The number of amides is 2. The molecule has 2 amide bonds. The molecule has 0 aliphatic carbocycles. The summed E-state index contributed by atoms with van der Waals surface area (Å²) in [6, 6.07) is 3.89. The third kappa shape index (κ3) is 4.82. The van der Waals surface area contributed by atoms with Crippen LogP contribution in [0.4, 0.5) is 10.1 Å². The number of nitrogens with one attached hydrogen (secondary N) is 2. The van der Waals surface area contributed by atoms with Gasteiger partial charge in [0.05, 0.1) is 5.69 Å². The monoisotopic (exact) mass is 258 g/mol. The van der Waals surface area contributed by atoms with Crippen molar-refractivity contribution in [1.82, 2.24) is 5.32 Å². The van der Waals surface area contributed by atoms with E-state index >= 15 is 0 Å². The molecule has 0 heterocycles. The van der Waals surface area contributed by atoms with E-state index in [2.05, 4.69) is 10.6 Å². The highest BCUT2D eigenvalue weighted by molar-refractivity contribution is 6.30. The van der Waals surface area contributed by atoms with Crippen LogP contribution in [-0.2, 0) is 9.59 Å². The van der Waals surface area contributed by atoms with E-state index in [-0.39, 0.29) is 30.5 Å². The van der Waals surface area contributed by atoms with Gasteiger partial charge in [-0.15, -0.1) is 0 Å². The molecule has 0 unspecified atom stereocenters. The fraction of sp³-hybridized carbons (Fsp3) is 0.273. The number of carbonyl (C=O) groups is 2. The zero-order valence-electron chi connectivity index (χ0n) is 9.22. The average Bonchev–Trinajstić information content (AvgIpc) is 2.23. The van der Waals surface area contributed by atoms with Crippen LogP contribution >= 0.6 is 11.6 Å². The SMILES string of the molecule is CC(=O)NCCC(=O)Nc1cc(Cl)ccc1F. The highest BCUT2D eigenvalue weighted by Gasteiger charge is 2.07. The van der Waals surface area contributed by atoms with Crippen molar-refractivity contribution in [1.29, 1.82) is 0 Å². The molecule has 0 saturated heterocycles. The Morgan fingerprint density at radius 1 is 1.41 bits per heavy atom. The minimum Gasteiger partial charge on any atom is -0.356 e. The van der Waals surface area contributed by atoms with Gasteiger partial charge in [0.2, 0.25) is 11.8 Å². The maximum Gasteiger partial charge on any atom is 0.226 e. The van der Waals surface area contributed by atoms with Gasteiger partial charge >= 0.3 is 0 Å². The van der Waals surface area contributed by atoms with Crippen LogP contribution in [0.2, 0.25) is 5.02 Å². The first-order valence-electron chi connectivity index (χ1n) is 4.98. The number of anilines is 1. The molecule has 4 nitrogen and oxygen atoms in total. The van der Waals surface area contributed by atoms with Gasteiger partial charge in [0.15, 0.2) is 0 Å². The number of hydrogen-bond acceptors (Lipinski definition) is 2. The van der Waals surface area contributed by atoms with Crippen LogP contribution in [-0.4, -0.2) is 18.4 Å². The summed E-state index contributed by atoms with van der Waals surface area (Å²) in [6.07, 6.45) is 0.0749. The highest BCUT2D eigenvalue weighted by Crippen LogP contribution is 2.19. The maximum absolute atomic E-state index is 13.2. The predicted molar refractivity (Wildman–Crippen MR) is 63.3 cm³/mol. The topological polar surface area (TPSA) is 58.2 Å². The van der Waals surface area contributed by atoms with Gasteiger partial charge in [0.25, 0.3) is 0 Å². The van der Waals surface area contributed by atoms with E-state index in [0.717, 1.165) is 0 Å². The van der Waals surface area contributed by atoms with Gasteiger partial charge in [-0.3, -0.25) is 9.59 Å². The van der Waals surface area contributed by atoms with Gasteiger partial charge < -0.3 is 10.6 Å². The lowest BCUT2D eigenvalue weighted by Gasteiger charge is -2.07. The third-order valence-corrected chi connectivity index (χ3v) is 2.16. The third-order valence-electron chi connectivity index (χ3n) is 1.93. The Morgan fingerprint density at radius 2 is 2.12 bits per heavy atom. The number of carbonyl (C=O) groups excluding carboxylic acids is 2. The number of hydrogen-bond donors (Lipinski definition) is 2. The lowest BCUT2D eigenvalue weighted by molar-refractivity contribution is -0.119. The standard InChI is InChI=1S/C11H12ClFN2O2/c1-7(16)14-5-4-11(17)15-10-6-8(12)2-3-9(10)13/h2-3,6H,4-5H2,1H3,(H,14,16)(H,15,17). The molecule has 0 aromatic heterocycles. The van der Waals surface area contributed by atoms with Gasteiger partial charge in [-0.2, -0.15) is 0 Å². The molecule has 17 heavy (non-hydrogen) atoms. The molecule has 1 rings (SSSR count). The van der Waals surface area contributed by atoms with Crippen LogP contribution in [0.1, 0.15) is 13.3 Å². The molecule has 0 fully saturated rings. The summed E-state index contributed by atoms with van der Waals surface area (Å²) in [5.41, 5.74) is 0.0327. The van der Waals surface area contributed by atoms with Crippen molar-refractivity contribution >= 4 is 29.1 Å². The largest absolute Gasteiger partial charge is 0.356 e. The lowest BCUT2D eigenvalue weighted by atomic mass is 10.3. The second-order valence-electron chi connectivity index (χ2n) is 3.41. The molecular formula is C11H12ClFN2O2. The van der Waals surface area contributed by atoms with Crippen molar-refractivity contribution in [3.63, 3.8) is 0 Å². The van der Waals surface area contributed by atoms with E-state index in [1.807, 2.05) is 0 Å². The summed E-state index contributed by atoms with van der Waals surface area (Å²) in [4.78, 5) is 21.9. The Bertz CT molecular complexity index is 437. The van der Waals surface area contributed by atoms with Crippen molar-refractivity contribution in [3.05, 3.63) is 29.0 Å². The minimum atomic E-state index is -0.553. The van der Waals surface area contributed by atoms with E-state index in [9.17, 15) is 14.0 Å². The Labute approximate surface area is 103 Å². The van der Waals surface area contributed by atoms with Gasteiger partial charge in [0.1, 0.15) is 5.82 Å². The molecule has 0 atom stereocenters. The van der Waals surface area contributed by atoms with Crippen LogP contribution in [0.25, 0.3) is 0 Å². The Balaban J connectivity index is 2.50. The molecule has 6 heteroatoms. The van der Waals surface area contributed by atoms with Crippen LogP contribution in [0.3, 0.4) is 0 Å². The van der Waals surface area contributed by atoms with Crippen LogP contribution < -0.4 is 10.6 Å². The quantitative estimate of drug-likeness (QED) is 0.867. The van der Waals surface area contributed by atoms with Crippen molar-refractivity contribution in [2.75, 3.05) is 11.9 Å². The maximum atomic E-state index is 13.2. The van der Waals surface area contributed by atoms with E-state index in [1.54, 1.807) is 0 Å². The fourth-order valence-electron chi connectivity index (χ4n) is 1.16. The van der Waals surface area contributed by atoms with E-state index in [4.69, 9.17) is 11.6 Å². The molecule has 0 bridgehead atoms. The molecule has 1 aromatic carbocycles. The Kier molecular flexibility index (Phi) is 4.90.